The number of halogens is 1. The highest BCUT2D eigenvalue weighted by Gasteiger charge is 2.21. The number of aliphatic hydroxyl groups is 1. The molecule has 0 aromatic heterocycles. The number of nitrogens with one attached hydrogen (secondary N) is 1. The second-order valence-electron chi connectivity index (χ2n) is 5.83. The summed E-state index contributed by atoms with van der Waals surface area (Å²) in [5.41, 5.74) is 2.26. The molecular formula is C17H27ClN2O. The first kappa shape index (κ1) is 16.6. The first-order chi connectivity index (χ1) is 10.2. The minimum absolute atomic E-state index is 0.151. The van der Waals surface area contributed by atoms with Gasteiger partial charge in [0.15, 0.2) is 0 Å². The monoisotopic (exact) mass is 310 g/mol. The van der Waals surface area contributed by atoms with Crippen LogP contribution in [-0.2, 0) is 6.54 Å². The van der Waals surface area contributed by atoms with Gasteiger partial charge in [0, 0.05) is 25.2 Å². The second-order valence-corrected chi connectivity index (χ2v) is 6.24. The molecule has 2 rings (SSSR count). The largest absolute Gasteiger partial charge is 0.395 e. The van der Waals surface area contributed by atoms with Crippen molar-refractivity contribution in [1.82, 2.24) is 5.32 Å². The Morgan fingerprint density at radius 1 is 1.33 bits per heavy atom. The Kier molecular flexibility index (Phi) is 6.34. The minimum atomic E-state index is 0.151. The van der Waals surface area contributed by atoms with Gasteiger partial charge in [0.05, 0.1) is 17.3 Å². The molecule has 0 spiro atoms. The molecule has 0 aliphatic heterocycles. The summed E-state index contributed by atoms with van der Waals surface area (Å²) in [6, 6.07) is 7.42. The van der Waals surface area contributed by atoms with Gasteiger partial charge in [0.2, 0.25) is 0 Å². The fraction of sp³-hybridized carbons (Fsp3) is 0.647. The number of anilines is 1. The molecule has 3 nitrogen and oxygen atoms in total. The zero-order valence-electron chi connectivity index (χ0n) is 13.1. The molecule has 1 fully saturated rings. The summed E-state index contributed by atoms with van der Waals surface area (Å²) in [6.45, 7) is 6.03. The van der Waals surface area contributed by atoms with E-state index >= 15 is 0 Å². The van der Waals surface area contributed by atoms with Crippen LogP contribution in [0.1, 0.15) is 45.1 Å². The van der Waals surface area contributed by atoms with Crippen LogP contribution >= 0.6 is 11.6 Å². The van der Waals surface area contributed by atoms with E-state index in [2.05, 4.69) is 42.3 Å². The van der Waals surface area contributed by atoms with Gasteiger partial charge in [0.25, 0.3) is 0 Å². The molecule has 1 aliphatic rings. The molecule has 0 amide bonds. The Hall–Kier alpha value is -0.770. The van der Waals surface area contributed by atoms with Gasteiger partial charge < -0.3 is 15.3 Å². The lowest BCUT2D eigenvalue weighted by Crippen LogP contribution is -2.37. The SMILES string of the molecule is CCC(CC)N(CCO)c1ccc(CNC2CC2)cc1Cl. The van der Waals surface area contributed by atoms with E-state index in [9.17, 15) is 5.11 Å². The van der Waals surface area contributed by atoms with Crippen molar-refractivity contribution >= 4 is 17.3 Å². The van der Waals surface area contributed by atoms with Crippen molar-refractivity contribution < 1.29 is 5.11 Å². The molecule has 1 aromatic rings. The summed E-state index contributed by atoms with van der Waals surface area (Å²) in [5.74, 6) is 0. The molecule has 4 heteroatoms. The Labute approximate surface area is 133 Å². The second kappa shape index (κ2) is 8.02. The highest BCUT2D eigenvalue weighted by molar-refractivity contribution is 6.33. The lowest BCUT2D eigenvalue weighted by molar-refractivity contribution is 0.296. The minimum Gasteiger partial charge on any atom is -0.395 e. The molecule has 0 bridgehead atoms. The number of hydrogen-bond acceptors (Lipinski definition) is 3. The van der Waals surface area contributed by atoms with Crippen LogP contribution in [0.25, 0.3) is 0 Å². The number of aliphatic hydroxyl groups excluding tert-OH is 1. The third-order valence-electron chi connectivity index (χ3n) is 4.22. The van der Waals surface area contributed by atoms with E-state index in [1.165, 1.54) is 18.4 Å². The smallest absolute Gasteiger partial charge is 0.0642 e. The van der Waals surface area contributed by atoms with Crippen molar-refractivity contribution in [2.45, 2.75) is 58.2 Å². The van der Waals surface area contributed by atoms with Gasteiger partial charge >= 0.3 is 0 Å². The number of hydrogen-bond donors (Lipinski definition) is 2. The first-order valence-corrected chi connectivity index (χ1v) is 8.46. The van der Waals surface area contributed by atoms with Crippen molar-refractivity contribution in [1.29, 1.82) is 0 Å². The molecule has 1 saturated carbocycles. The van der Waals surface area contributed by atoms with Crippen LogP contribution in [0, 0.1) is 0 Å². The first-order valence-electron chi connectivity index (χ1n) is 8.08. The molecule has 0 unspecified atom stereocenters. The zero-order valence-corrected chi connectivity index (χ0v) is 13.9. The van der Waals surface area contributed by atoms with Crippen molar-refractivity contribution in [2.75, 3.05) is 18.1 Å². The number of rotatable bonds is 9. The molecule has 0 heterocycles. The number of nitrogens with zero attached hydrogens (tertiary/aromatic N) is 1. The van der Waals surface area contributed by atoms with Gasteiger partial charge in [-0.3, -0.25) is 0 Å². The van der Waals surface area contributed by atoms with Crippen LogP contribution in [0.3, 0.4) is 0 Å². The van der Waals surface area contributed by atoms with Gasteiger partial charge in [-0.05, 0) is 43.4 Å². The lowest BCUT2D eigenvalue weighted by Gasteiger charge is -2.33. The Balaban J connectivity index is 2.11. The summed E-state index contributed by atoms with van der Waals surface area (Å²) in [7, 11) is 0. The standard InChI is InChI=1S/C17H27ClN2O/c1-3-15(4-2)20(9-10-21)17-8-5-13(11-16(17)18)12-19-14-6-7-14/h5,8,11,14-15,19,21H,3-4,6-7,9-10,12H2,1-2H3. The van der Waals surface area contributed by atoms with E-state index < -0.39 is 0 Å². The normalized spacial score (nSPS) is 14.7. The van der Waals surface area contributed by atoms with Gasteiger partial charge in [-0.2, -0.15) is 0 Å². The molecule has 118 valence electrons. The predicted octanol–water partition coefficient (Wildman–Crippen LogP) is 3.58. The average molecular weight is 311 g/mol. The third kappa shape index (κ3) is 4.60. The van der Waals surface area contributed by atoms with Crippen LogP contribution in [0.15, 0.2) is 18.2 Å². The average Bonchev–Trinajstić information content (AvgIpc) is 3.30. The van der Waals surface area contributed by atoms with E-state index in [0.717, 1.165) is 30.1 Å². The maximum absolute atomic E-state index is 9.34. The van der Waals surface area contributed by atoms with Crippen LogP contribution < -0.4 is 10.2 Å². The lowest BCUT2D eigenvalue weighted by atomic mass is 10.1. The molecule has 1 aromatic carbocycles. The molecule has 21 heavy (non-hydrogen) atoms. The molecule has 2 N–H and O–H groups in total. The molecule has 0 radical (unpaired) electrons. The van der Waals surface area contributed by atoms with E-state index in [4.69, 9.17) is 11.6 Å². The molecular weight excluding hydrogens is 284 g/mol. The van der Waals surface area contributed by atoms with Crippen LogP contribution in [0.4, 0.5) is 5.69 Å². The zero-order chi connectivity index (χ0) is 15.2. The van der Waals surface area contributed by atoms with Gasteiger partial charge in [-0.15, -0.1) is 0 Å². The highest BCUT2D eigenvalue weighted by Crippen LogP contribution is 2.30. The van der Waals surface area contributed by atoms with Gasteiger partial charge in [0.1, 0.15) is 0 Å². The van der Waals surface area contributed by atoms with Gasteiger partial charge in [-0.1, -0.05) is 31.5 Å². The quantitative estimate of drug-likeness (QED) is 0.732. The van der Waals surface area contributed by atoms with Gasteiger partial charge in [-0.25, -0.2) is 0 Å². The number of benzene rings is 1. The van der Waals surface area contributed by atoms with Crippen molar-refractivity contribution in [3.8, 4) is 0 Å². The Bertz CT molecular complexity index is 444. The topological polar surface area (TPSA) is 35.5 Å². The Morgan fingerprint density at radius 3 is 2.57 bits per heavy atom. The predicted molar refractivity (Wildman–Crippen MR) is 90.1 cm³/mol. The molecule has 0 saturated heterocycles. The summed E-state index contributed by atoms with van der Waals surface area (Å²) in [5, 5.41) is 13.6. The fourth-order valence-electron chi connectivity index (χ4n) is 2.78. The molecule has 1 aliphatic carbocycles. The third-order valence-corrected chi connectivity index (χ3v) is 4.52. The van der Waals surface area contributed by atoms with E-state index in [-0.39, 0.29) is 6.61 Å². The Morgan fingerprint density at radius 2 is 2.05 bits per heavy atom. The summed E-state index contributed by atoms with van der Waals surface area (Å²) < 4.78 is 0. The van der Waals surface area contributed by atoms with Crippen molar-refractivity contribution in [3.05, 3.63) is 28.8 Å². The van der Waals surface area contributed by atoms with E-state index in [0.29, 0.717) is 18.6 Å². The molecule has 0 atom stereocenters. The summed E-state index contributed by atoms with van der Waals surface area (Å²) in [4.78, 5) is 2.24. The maximum atomic E-state index is 9.34. The summed E-state index contributed by atoms with van der Waals surface area (Å²) >= 11 is 6.50. The van der Waals surface area contributed by atoms with E-state index in [1.807, 2.05) is 0 Å². The van der Waals surface area contributed by atoms with Crippen molar-refractivity contribution in [3.63, 3.8) is 0 Å². The van der Waals surface area contributed by atoms with Crippen LogP contribution in [0.5, 0.6) is 0 Å². The van der Waals surface area contributed by atoms with Crippen LogP contribution in [-0.4, -0.2) is 30.3 Å². The fourth-order valence-corrected chi connectivity index (χ4v) is 3.09. The summed E-state index contributed by atoms with van der Waals surface area (Å²) in [6.07, 6.45) is 4.70. The highest BCUT2D eigenvalue weighted by atomic mass is 35.5. The van der Waals surface area contributed by atoms with Crippen LogP contribution in [0.2, 0.25) is 5.02 Å². The van der Waals surface area contributed by atoms with E-state index in [1.54, 1.807) is 0 Å². The van der Waals surface area contributed by atoms with Crippen molar-refractivity contribution in [2.24, 2.45) is 0 Å². The maximum Gasteiger partial charge on any atom is 0.0642 e.